The van der Waals surface area contributed by atoms with Crippen LogP contribution >= 0.6 is 11.6 Å². The summed E-state index contributed by atoms with van der Waals surface area (Å²) in [6.07, 6.45) is 1.07. The fraction of sp³-hybridized carbons (Fsp3) is 0.250. The van der Waals surface area contributed by atoms with Crippen LogP contribution in [0.15, 0.2) is 48.5 Å². The van der Waals surface area contributed by atoms with E-state index in [1.165, 1.54) is 16.7 Å². The zero-order chi connectivity index (χ0) is 12.3. The molecule has 2 rings (SSSR count). The van der Waals surface area contributed by atoms with E-state index in [0.29, 0.717) is 0 Å². The number of aryl methyl sites for hydroxylation is 2. The number of alkyl halides is 1. The monoisotopic (exact) mass is 244 g/mol. The highest BCUT2D eigenvalue weighted by Crippen LogP contribution is 2.30. The van der Waals surface area contributed by atoms with Crippen LogP contribution in [0, 0.1) is 6.92 Å². The van der Waals surface area contributed by atoms with Crippen molar-refractivity contribution in [2.45, 2.75) is 25.6 Å². The van der Waals surface area contributed by atoms with Crippen molar-refractivity contribution >= 4 is 11.6 Å². The molecule has 0 aliphatic heterocycles. The molecule has 1 heteroatoms. The minimum Gasteiger partial charge on any atom is -0.113 e. The maximum absolute atomic E-state index is 6.53. The third-order valence-corrected chi connectivity index (χ3v) is 3.63. The van der Waals surface area contributed by atoms with Crippen molar-refractivity contribution in [3.8, 4) is 0 Å². The third kappa shape index (κ3) is 2.70. The van der Waals surface area contributed by atoms with Crippen LogP contribution in [0.2, 0.25) is 0 Å². The first-order chi connectivity index (χ1) is 8.22. The van der Waals surface area contributed by atoms with Crippen molar-refractivity contribution in [1.29, 1.82) is 0 Å². The molecule has 0 bridgehead atoms. The second-order valence-corrected chi connectivity index (χ2v) is 4.75. The van der Waals surface area contributed by atoms with Gasteiger partial charge in [-0.15, -0.1) is 11.6 Å². The summed E-state index contributed by atoms with van der Waals surface area (Å²) in [6, 6.07) is 16.9. The smallest absolute Gasteiger partial charge is 0.0838 e. The minimum absolute atomic E-state index is 0.0536. The van der Waals surface area contributed by atoms with Crippen molar-refractivity contribution < 1.29 is 0 Å². The van der Waals surface area contributed by atoms with Crippen molar-refractivity contribution in [3.05, 3.63) is 70.8 Å². The molecule has 0 heterocycles. The van der Waals surface area contributed by atoms with Crippen LogP contribution in [0.1, 0.15) is 34.6 Å². The summed E-state index contributed by atoms with van der Waals surface area (Å²) >= 11 is 6.53. The van der Waals surface area contributed by atoms with Gasteiger partial charge in [-0.3, -0.25) is 0 Å². The van der Waals surface area contributed by atoms with Gasteiger partial charge in [-0.2, -0.15) is 0 Å². The Labute approximate surface area is 108 Å². The highest BCUT2D eigenvalue weighted by atomic mass is 35.5. The standard InChI is InChI=1S/C16H17Cl/c1-3-13-8-10-14(11-9-13)16(17)15-7-5-4-6-12(15)2/h4-11,16H,3H2,1-2H3. The van der Waals surface area contributed by atoms with Gasteiger partial charge < -0.3 is 0 Å². The molecule has 0 amide bonds. The lowest BCUT2D eigenvalue weighted by molar-refractivity contribution is 1.09. The van der Waals surface area contributed by atoms with Crippen molar-refractivity contribution in [1.82, 2.24) is 0 Å². The molecule has 1 unspecified atom stereocenters. The van der Waals surface area contributed by atoms with Crippen LogP contribution in [-0.4, -0.2) is 0 Å². The average molecular weight is 245 g/mol. The Bertz CT molecular complexity index is 485. The summed E-state index contributed by atoms with van der Waals surface area (Å²) in [7, 11) is 0. The Morgan fingerprint density at radius 2 is 1.65 bits per heavy atom. The molecule has 2 aromatic carbocycles. The average Bonchev–Trinajstić information content (AvgIpc) is 2.39. The van der Waals surface area contributed by atoms with Crippen LogP contribution in [0.5, 0.6) is 0 Å². The topological polar surface area (TPSA) is 0 Å². The molecule has 0 saturated carbocycles. The molecule has 17 heavy (non-hydrogen) atoms. The number of hydrogen-bond donors (Lipinski definition) is 0. The molecule has 0 aliphatic rings. The Balaban J connectivity index is 2.30. The molecule has 0 aromatic heterocycles. The Morgan fingerprint density at radius 1 is 1.00 bits per heavy atom. The van der Waals surface area contributed by atoms with E-state index >= 15 is 0 Å². The summed E-state index contributed by atoms with van der Waals surface area (Å²) < 4.78 is 0. The predicted molar refractivity (Wildman–Crippen MR) is 74.7 cm³/mol. The molecule has 0 radical (unpaired) electrons. The maximum Gasteiger partial charge on any atom is 0.0838 e. The second-order valence-electron chi connectivity index (χ2n) is 4.31. The first-order valence-corrected chi connectivity index (χ1v) is 6.44. The molecule has 2 aromatic rings. The molecule has 1 atom stereocenters. The lowest BCUT2D eigenvalue weighted by Gasteiger charge is -2.13. The SMILES string of the molecule is CCc1ccc(C(Cl)c2ccccc2C)cc1. The van der Waals surface area contributed by atoms with Crippen molar-refractivity contribution in [2.75, 3.05) is 0 Å². The minimum atomic E-state index is -0.0536. The normalized spacial score (nSPS) is 12.4. The van der Waals surface area contributed by atoms with Gasteiger partial charge in [-0.05, 0) is 35.6 Å². The van der Waals surface area contributed by atoms with Gasteiger partial charge in [0.15, 0.2) is 0 Å². The molecule has 0 fully saturated rings. The first-order valence-electron chi connectivity index (χ1n) is 6.00. The summed E-state index contributed by atoms with van der Waals surface area (Å²) in [5.41, 5.74) is 4.95. The highest BCUT2D eigenvalue weighted by molar-refractivity contribution is 6.22. The van der Waals surface area contributed by atoms with E-state index in [2.05, 4.69) is 50.2 Å². The van der Waals surface area contributed by atoms with E-state index in [9.17, 15) is 0 Å². The maximum atomic E-state index is 6.53. The second kappa shape index (κ2) is 5.37. The van der Waals surface area contributed by atoms with Gasteiger partial charge in [0.2, 0.25) is 0 Å². The van der Waals surface area contributed by atoms with E-state index < -0.39 is 0 Å². The molecule has 88 valence electrons. The molecule has 0 spiro atoms. The number of hydrogen-bond acceptors (Lipinski definition) is 0. The quantitative estimate of drug-likeness (QED) is 0.675. The van der Waals surface area contributed by atoms with Crippen LogP contribution in [-0.2, 0) is 6.42 Å². The number of halogens is 1. The van der Waals surface area contributed by atoms with Gasteiger partial charge in [-0.25, -0.2) is 0 Å². The van der Waals surface area contributed by atoms with E-state index in [1.807, 2.05) is 12.1 Å². The third-order valence-electron chi connectivity index (χ3n) is 3.14. The molecular formula is C16H17Cl. The summed E-state index contributed by atoms with van der Waals surface area (Å²) in [4.78, 5) is 0. The van der Waals surface area contributed by atoms with E-state index in [0.717, 1.165) is 12.0 Å². The number of benzene rings is 2. The van der Waals surface area contributed by atoms with E-state index in [1.54, 1.807) is 0 Å². The van der Waals surface area contributed by atoms with Crippen LogP contribution in [0.25, 0.3) is 0 Å². The largest absolute Gasteiger partial charge is 0.113 e. The lowest BCUT2D eigenvalue weighted by atomic mass is 9.99. The van der Waals surface area contributed by atoms with Gasteiger partial charge in [-0.1, -0.05) is 55.5 Å². The Morgan fingerprint density at radius 3 is 2.24 bits per heavy atom. The van der Waals surface area contributed by atoms with Gasteiger partial charge in [0.05, 0.1) is 5.38 Å². The molecule has 0 saturated heterocycles. The van der Waals surface area contributed by atoms with Crippen molar-refractivity contribution in [2.24, 2.45) is 0 Å². The molecule has 0 aliphatic carbocycles. The highest BCUT2D eigenvalue weighted by Gasteiger charge is 2.12. The summed E-state index contributed by atoms with van der Waals surface area (Å²) in [6.45, 7) is 4.26. The lowest BCUT2D eigenvalue weighted by Crippen LogP contribution is -1.96. The fourth-order valence-electron chi connectivity index (χ4n) is 1.97. The van der Waals surface area contributed by atoms with Crippen LogP contribution in [0.3, 0.4) is 0 Å². The van der Waals surface area contributed by atoms with Gasteiger partial charge in [0.25, 0.3) is 0 Å². The number of rotatable bonds is 3. The van der Waals surface area contributed by atoms with Gasteiger partial charge in [0, 0.05) is 0 Å². The summed E-state index contributed by atoms with van der Waals surface area (Å²) in [5, 5.41) is -0.0536. The van der Waals surface area contributed by atoms with E-state index in [-0.39, 0.29) is 5.38 Å². The predicted octanol–water partition coefficient (Wildman–Crippen LogP) is 4.89. The Kier molecular flexibility index (Phi) is 3.86. The van der Waals surface area contributed by atoms with Crippen LogP contribution in [0.4, 0.5) is 0 Å². The van der Waals surface area contributed by atoms with Crippen LogP contribution < -0.4 is 0 Å². The molecule has 0 N–H and O–H groups in total. The Hall–Kier alpha value is -1.27. The first kappa shape index (κ1) is 12.2. The molecular weight excluding hydrogens is 228 g/mol. The van der Waals surface area contributed by atoms with Gasteiger partial charge in [0.1, 0.15) is 0 Å². The van der Waals surface area contributed by atoms with E-state index in [4.69, 9.17) is 11.6 Å². The zero-order valence-electron chi connectivity index (χ0n) is 10.3. The summed E-state index contributed by atoms with van der Waals surface area (Å²) in [5.74, 6) is 0. The van der Waals surface area contributed by atoms with Gasteiger partial charge >= 0.3 is 0 Å². The zero-order valence-corrected chi connectivity index (χ0v) is 11.0. The molecule has 0 nitrogen and oxygen atoms in total. The fourth-order valence-corrected chi connectivity index (χ4v) is 2.36. The van der Waals surface area contributed by atoms with Crippen molar-refractivity contribution in [3.63, 3.8) is 0 Å².